The molecule has 1 aromatic rings. The molecule has 0 amide bonds. The summed E-state index contributed by atoms with van der Waals surface area (Å²) >= 11 is 12.9. The fourth-order valence-electron chi connectivity index (χ4n) is 1.36. The smallest absolute Gasteiger partial charge is 0.156 e. The maximum Gasteiger partial charge on any atom is 0.206 e. The van der Waals surface area contributed by atoms with Crippen molar-refractivity contribution in [2.45, 2.75) is 13.1 Å². The lowest BCUT2D eigenvalue weighted by molar-refractivity contribution is 1.78. The van der Waals surface area contributed by atoms with Gasteiger partial charge in [0.25, 0.3) is 0 Å². The predicted octanol–water partition coefficient (Wildman–Crippen LogP) is 3.18. The molecule has 0 aliphatic carbocycles. The van der Waals surface area contributed by atoms with Gasteiger partial charge in [-0.3, -0.25) is 0 Å². The first-order valence-corrected chi connectivity index (χ1v) is 12.3. The molecule has 0 saturated heterocycles. The van der Waals surface area contributed by atoms with Crippen molar-refractivity contribution in [1.82, 2.24) is 0 Å². The quantitative estimate of drug-likeness (QED) is 0.589. The van der Waals surface area contributed by atoms with Crippen LogP contribution >= 0.6 is 22.2 Å². The summed E-state index contributed by atoms with van der Waals surface area (Å²) < 4.78 is 0. The molecule has 0 heterocycles. The molecule has 86 valence electrons. The highest BCUT2D eigenvalue weighted by atomic mass is 35.6. The van der Waals surface area contributed by atoms with Gasteiger partial charge in [0.15, 0.2) is 0 Å². The Morgan fingerprint density at radius 1 is 0.875 bits per heavy atom. The second kappa shape index (κ2) is 4.92. The summed E-state index contributed by atoms with van der Waals surface area (Å²) in [6.07, 6.45) is 0. The van der Waals surface area contributed by atoms with Crippen LogP contribution in [-0.2, 0) is 0 Å². The molecule has 0 fully saturated rings. The molecule has 16 heavy (non-hydrogen) atoms. The van der Waals surface area contributed by atoms with Gasteiger partial charge in [0, 0.05) is 0 Å². The van der Waals surface area contributed by atoms with E-state index in [1.54, 1.807) is 0 Å². The van der Waals surface area contributed by atoms with Crippen molar-refractivity contribution < 1.29 is 0 Å². The Morgan fingerprint density at radius 2 is 1.12 bits per heavy atom. The molecule has 2 unspecified atom stereocenters. The SMILES string of the molecule is C=C[Si](C)(Cl)c1ccc([Si](C)(Cl)C=C)cc1. The molecule has 0 aromatic heterocycles. The van der Waals surface area contributed by atoms with E-state index in [0.29, 0.717) is 0 Å². The van der Waals surface area contributed by atoms with E-state index in [2.05, 4.69) is 50.5 Å². The average Bonchev–Trinajstić information content (AvgIpc) is 2.29. The zero-order chi connectivity index (χ0) is 12.4. The summed E-state index contributed by atoms with van der Waals surface area (Å²) in [7, 11) is -3.93. The van der Waals surface area contributed by atoms with Crippen molar-refractivity contribution in [2.24, 2.45) is 0 Å². The van der Waals surface area contributed by atoms with Crippen LogP contribution in [0.1, 0.15) is 0 Å². The monoisotopic (exact) mass is 286 g/mol. The number of benzene rings is 1. The predicted molar refractivity (Wildman–Crippen MR) is 81.0 cm³/mol. The summed E-state index contributed by atoms with van der Waals surface area (Å²) in [5, 5.41) is 2.33. The van der Waals surface area contributed by atoms with Gasteiger partial charge in [-0.15, -0.1) is 13.2 Å². The van der Waals surface area contributed by atoms with Crippen LogP contribution in [-0.4, -0.2) is 14.8 Å². The van der Waals surface area contributed by atoms with Crippen LogP contribution in [0, 0.1) is 0 Å². The molecule has 0 N–H and O–H groups in total. The highest BCUT2D eigenvalue weighted by molar-refractivity contribution is 7.30. The van der Waals surface area contributed by atoms with Crippen molar-refractivity contribution in [1.29, 1.82) is 0 Å². The Bertz CT molecular complexity index is 355. The van der Waals surface area contributed by atoms with Crippen LogP contribution in [0.5, 0.6) is 0 Å². The van der Waals surface area contributed by atoms with E-state index in [1.165, 1.54) is 10.4 Å². The number of rotatable bonds is 4. The molecule has 0 bridgehead atoms. The van der Waals surface area contributed by atoms with Gasteiger partial charge in [0.1, 0.15) is 0 Å². The third-order valence-corrected chi connectivity index (χ3v) is 9.47. The average molecular weight is 287 g/mol. The van der Waals surface area contributed by atoms with E-state index in [0.717, 1.165) is 0 Å². The fraction of sp³-hybridized carbons (Fsp3) is 0.167. The van der Waals surface area contributed by atoms with Gasteiger partial charge in [-0.1, -0.05) is 35.7 Å². The van der Waals surface area contributed by atoms with Gasteiger partial charge in [-0.2, -0.15) is 22.2 Å². The van der Waals surface area contributed by atoms with Gasteiger partial charge >= 0.3 is 0 Å². The summed E-state index contributed by atoms with van der Waals surface area (Å²) in [6.45, 7) is 11.7. The van der Waals surface area contributed by atoms with Gasteiger partial charge in [-0.05, 0) is 23.5 Å². The first-order valence-electron chi connectivity index (χ1n) is 5.09. The van der Waals surface area contributed by atoms with Crippen molar-refractivity contribution in [2.75, 3.05) is 0 Å². The van der Waals surface area contributed by atoms with E-state index >= 15 is 0 Å². The molecule has 0 radical (unpaired) electrons. The lowest BCUT2D eigenvalue weighted by atomic mass is 10.4. The van der Waals surface area contributed by atoms with Gasteiger partial charge < -0.3 is 0 Å². The second-order valence-corrected chi connectivity index (χ2v) is 15.1. The molecule has 2 atom stereocenters. The maximum absolute atomic E-state index is 6.43. The molecule has 0 aliphatic rings. The zero-order valence-corrected chi connectivity index (χ0v) is 13.1. The molecule has 0 aliphatic heterocycles. The summed E-state index contributed by atoms with van der Waals surface area (Å²) in [5.41, 5.74) is 3.74. The molecular formula is C12H16Cl2Si2. The standard InChI is InChI=1S/C12H16Cl2Si2/c1-5-15(3,13)11-7-9-12(10-8-11)16(4,14)6-2/h5-10H,1-2H2,3-4H3. The fourth-order valence-corrected chi connectivity index (χ4v) is 4.22. The third kappa shape index (κ3) is 2.89. The summed E-state index contributed by atoms with van der Waals surface area (Å²) in [4.78, 5) is 0. The number of halogens is 2. The molecule has 1 rings (SSSR count). The van der Waals surface area contributed by atoms with E-state index in [9.17, 15) is 0 Å². The normalized spacial score (nSPS) is 18.2. The van der Waals surface area contributed by atoms with Crippen LogP contribution in [0.2, 0.25) is 13.1 Å². The second-order valence-electron chi connectivity index (χ2n) is 4.14. The molecule has 4 heteroatoms. The maximum atomic E-state index is 6.43. The lowest BCUT2D eigenvalue weighted by Gasteiger charge is -2.18. The van der Waals surface area contributed by atoms with Crippen molar-refractivity contribution in [3.63, 3.8) is 0 Å². The third-order valence-electron chi connectivity index (χ3n) is 2.78. The highest BCUT2D eigenvalue weighted by Gasteiger charge is 2.26. The van der Waals surface area contributed by atoms with Crippen LogP contribution < -0.4 is 10.4 Å². The molecule has 1 aromatic carbocycles. The minimum absolute atomic E-state index is 1.17. The zero-order valence-electron chi connectivity index (χ0n) is 9.63. The Hall–Kier alpha value is -0.286. The Kier molecular flexibility index (Phi) is 4.24. The Labute approximate surface area is 109 Å². The van der Waals surface area contributed by atoms with Crippen LogP contribution in [0.25, 0.3) is 0 Å². The molecule has 0 nitrogen and oxygen atoms in total. The summed E-state index contributed by atoms with van der Waals surface area (Å²) in [5.74, 6) is 0. The highest BCUT2D eigenvalue weighted by Crippen LogP contribution is 2.12. The first-order chi connectivity index (χ1) is 7.33. The van der Waals surface area contributed by atoms with E-state index in [1.807, 2.05) is 11.4 Å². The lowest BCUT2D eigenvalue weighted by Crippen LogP contribution is -2.41. The number of hydrogen-bond acceptors (Lipinski definition) is 0. The largest absolute Gasteiger partial charge is 0.206 e. The molecule has 0 saturated carbocycles. The minimum atomic E-state index is -1.96. The van der Waals surface area contributed by atoms with Crippen LogP contribution in [0.15, 0.2) is 48.8 Å². The van der Waals surface area contributed by atoms with Crippen molar-refractivity contribution in [3.05, 3.63) is 48.8 Å². The minimum Gasteiger partial charge on any atom is -0.156 e. The van der Waals surface area contributed by atoms with Gasteiger partial charge in [0.2, 0.25) is 14.8 Å². The van der Waals surface area contributed by atoms with E-state index < -0.39 is 14.8 Å². The summed E-state index contributed by atoms with van der Waals surface area (Å²) in [6, 6.07) is 8.25. The first kappa shape index (κ1) is 13.8. The van der Waals surface area contributed by atoms with E-state index in [-0.39, 0.29) is 0 Å². The van der Waals surface area contributed by atoms with Gasteiger partial charge in [-0.25, -0.2) is 0 Å². The molecule has 0 spiro atoms. The van der Waals surface area contributed by atoms with Crippen LogP contribution in [0.4, 0.5) is 0 Å². The Balaban J connectivity index is 3.09. The molecular weight excluding hydrogens is 271 g/mol. The van der Waals surface area contributed by atoms with E-state index in [4.69, 9.17) is 22.2 Å². The van der Waals surface area contributed by atoms with Gasteiger partial charge in [0.05, 0.1) is 0 Å². The topological polar surface area (TPSA) is 0 Å². The van der Waals surface area contributed by atoms with Crippen molar-refractivity contribution in [3.8, 4) is 0 Å². The van der Waals surface area contributed by atoms with Crippen LogP contribution in [0.3, 0.4) is 0 Å². The Morgan fingerprint density at radius 3 is 1.31 bits per heavy atom. The van der Waals surface area contributed by atoms with Crippen molar-refractivity contribution >= 4 is 47.3 Å². The number of hydrogen-bond donors (Lipinski definition) is 0.